The molecule has 1 aliphatic carbocycles. The van der Waals surface area contributed by atoms with Crippen molar-refractivity contribution in [3.8, 4) is 0 Å². The van der Waals surface area contributed by atoms with E-state index in [1.165, 1.54) is 6.92 Å². The zero-order valence-electron chi connectivity index (χ0n) is 9.99. The molecule has 0 bridgehead atoms. The van der Waals surface area contributed by atoms with E-state index in [9.17, 15) is 9.59 Å². The molecule has 1 aliphatic rings. The molecule has 0 aromatic rings. The molecule has 1 fully saturated rings. The summed E-state index contributed by atoms with van der Waals surface area (Å²) >= 11 is 0. The van der Waals surface area contributed by atoms with Crippen molar-refractivity contribution in [1.82, 2.24) is 10.2 Å². The van der Waals surface area contributed by atoms with Crippen molar-refractivity contribution in [2.75, 3.05) is 26.8 Å². The van der Waals surface area contributed by atoms with E-state index in [0.29, 0.717) is 32.2 Å². The maximum atomic E-state index is 11.4. The molecule has 5 heteroatoms. The van der Waals surface area contributed by atoms with Crippen molar-refractivity contribution < 1.29 is 14.3 Å². The standard InChI is InChI=1S/C11H20N2O3/c1-9(14)13(7-8-16-2)6-5-11(15)12-10-3-4-10/h10H,3-8H2,1-2H3,(H,12,15). The zero-order chi connectivity index (χ0) is 12.0. The van der Waals surface area contributed by atoms with Gasteiger partial charge in [-0.3, -0.25) is 9.59 Å². The SMILES string of the molecule is COCCN(CCC(=O)NC1CC1)C(C)=O. The lowest BCUT2D eigenvalue weighted by Crippen LogP contribution is -2.36. The number of nitrogens with zero attached hydrogens (tertiary/aromatic N) is 1. The van der Waals surface area contributed by atoms with Gasteiger partial charge in [0, 0.05) is 39.6 Å². The topological polar surface area (TPSA) is 58.6 Å². The highest BCUT2D eigenvalue weighted by atomic mass is 16.5. The van der Waals surface area contributed by atoms with Gasteiger partial charge in [0.15, 0.2) is 0 Å². The summed E-state index contributed by atoms with van der Waals surface area (Å²) in [5, 5.41) is 2.90. The Bertz CT molecular complexity index is 252. The highest BCUT2D eigenvalue weighted by molar-refractivity contribution is 5.78. The van der Waals surface area contributed by atoms with Crippen molar-refractivity contribution in [2.24, 2.45) is 0 Å². The Morgan fingerprint density at radius 1 is 1.38 bits per heavy atom. The average Bonchev–Trinajstić information content (AvgIpc) is 3.01. The molecule has 1 saturated carbocycles. The molecule has 92 valence electrons. The molecule has 1 rings (SSSR count). The number of nitrogens with one attached hydrogen (secondary N) is 1. The fourth-order valence-corrected chi connectivity index (χ4v) is 1.39. The van der Waals surface area contributed by atoms with Gasteiger partial charge in [-0.15, -0.1) is 0 Å². The van der Waals surface area contributed by atoms with E-state index in [1.54, 1.807) is 12.0 Å². The number of amides is 2. The minimum Gasteiger partial charge on any atom is -0.383 e. The number of hydrogen-bond acceptors (Lipinski definition) is 3. The molecule has 0 aromatic carbocycles. The van der Waals surface area contributed by atoms with Gasteiger partial charge in [0.25, 0.3) is 0 Å². The monoisotopic (exact) mass is 228 g/mol. The van der Waals surface area contributed by atoms with E-state index >= 15 is 0 Å². The summed E-state index contributed by atoms with van der Waals surface area (Å²) in [5.41, 5.74) is 0. The number of ether oxygens (including phenoxy) is 1. The molecule has 0 aliphatic heterocycles. The van der Waals surface area contributed by atoms with Gasteiger partial charge in [0.05, 0.1) is 6.61 Å². The molecule has 0 radical (unpaired) electrons. The maximum absolute atomic E-state index is 11.4. The summed E-state index contributed by atoms with van der Waals surface area (Å²) in [4.78, 5) is 24.3. The van der Waals surface area contributed by atoms with Crippen LogP contribution in [-0.4, -0.2) is 49.6 Å². The second-order valence-corrected chi connectivity index (χ2v) is 4.09. The molecule has 0 saturated heterocycles. The zero-order valence-corrected chi connectivity index (χ0v) is 9.99. The normalized spacial score (nSPS) is 14.6. The van der Waals surface area contributed by atoms with Crippen LogP contribution in [0.1, 0.15) is 26.2 Å². The number of methoxy groups -OCH3 is 1. The third-order valence-electron chi connectivity index (χ3n) is 2.56. The molecule has 0 heterocycles. The van der Waals surface area contributed by atoms with E-state index in [0.717, 1.165) is 12.8 Å². The Balaban J connectivity index is 2.19. The maximum Gasteiger partial charge on any atom is 0.221 e. The predicted molar refractivity (Wildman–Crippen MR) is 59.9 cm³/mol. The van der Waals surface area contributed by atoms with Gasteiger partial charge in [0.1, 0.15) is 0 Å². The Hall–Kier alpha value is -1.10. The molecule has 5 nitrogen and oxygen atoms in total. The first kappa shape index (κ1) is 13.0. The Kier molecular flexibility index (Phi) is 5.25. The van der Waals surface area contributed by atoms with Crippen molar-refractivity contribution in [3.05, 3.63) is 0 Å². The first-order valence-electron chi connectivity index (χ1n) is 5.67. The minimum absolute atomic E-state index is 0.0173. The van der Waals surface area contributed by atoms with Gasteiger partial charge in [-0.2, -0.15) is 0 Å². The lowest BCUT2D eigenvalue weighted by molar-refractivity contribution is -0.130. The van der Waals surface area contributed by atoms with Gasteiger partial charge in [-0.05, 0) is 12.8 Å². The molecule has 0 unspecified atom stereocenters. The van der Waals surface area contributed by atoms with Crippen LogP contribution in [0.25, 0.3) is 0 Å². The van der Waals surface area contributed by atoms with Crippen LogP contribution in [0.3, 0.4) is 0 Å². The van der Waals surface area contributed by atoms with Crippen molar-refractivity contribution >= 4 is 11.8 Å². The van der Waals surface area contributed by atoms with Gasteiger partial charge in [0.2, 0.25) is 11.8 Å². The van der Waals surface area contributed by atoms with E-state index in [2.05, 4.69) is 5.32 Å². The van der Waals surface area contributed by atoms with E-state index in [-0.39, 0.29) is 11.8 Å². The summed E-state index contributed by atoms with van der Waals surface area (Å²) in [6.07, 6.45) is 2.55. The lowest BCUT2D eigenvalue weighted by Gasteiger charge is -2.20. The summed E-state index contributed by atoms with van der Waals surface area (Å²) in [7, 11) is 1.60. The lowest BCUT2D eigenvalue weighted by atomic mass is 10.3. The molecule has 16 heavy (non-hydrogen) atoms. The Labute approximate surface area is 96.1 Å². The predicted octanol–water partition coefficient (Wildman–Crippen LogP) is 0.150. The van der Waals surface area contributed by atoms with E-state index < -0.39 is 0 Å². The summed E-state index contributed by atoms with van der Waals surface area (Å²) in [6, 6.07) is 0.386. The second-order valence-electron chi connectivity index (χ2n) is 4.09. The fraction of sp³-hybridized carbons (Fsp3) is 0.818. The van der Waals surface area contributed by atoms with Crippen LogP contribution in [0, 0.1) is 0 Å². The highest BCUT2D eigenvalue weighted by Crippen LogP contribution is 2.18. The number of hydrogen-bond donors (Lipinski definition) is 1. The Morgan fingerprint density at radius 3 is 2.56 bits per heavy atom. The van der Waals surface area contributed by atoms with E-state index in [1.807, 2.05) is 0 Å². The van der Waals surface area contributed by atoms with Crippen LogP contribution < -0.4 is 5.32 Å². The van der Waals surface area contributed by atoms with Crippen LogP contribution in [0.2, 0.25) is 0 Å². The van der Waals surface area contributed by atoms with Gasteiger partial charge >= 0.3 is 0 Å². The van der Waals surface area contributed by atoms with Crippen molar-refractivity contribution in [1.29, 1.82) is 0 Å². The first-order chi connectivity index (χ1) is 7.63. The summed E-state index contributed by atoms with van der Waals surface area (Å²) in [5.74, 6) is 0.0161. The highest BCUT2D eigenvalue weighted by Gasteiger charge is 2.23. The van der Waals surface area contributed by atoms with E-state index in [4.69, 9.17) is 4.74 Å². The van der Waals surface area contributed by atoms with Crippen LogP contribution in [0.5, 0.6) is 0 Å². The first-order valence-corrected chi connectivity index (χ1v) is 5.67. The third-order valence-corrected chi connectivity index (χ3v) is 2.56. The second kappa shape index (κ2) is 6.48. The van der Waals surface area contributed by atoms with Gasteiger partial charge in [-0.25, -0.2) is 0 Å². The van der Waals surface area contributed by atoms with Gasteiger partial charge < -0.3 is 15.0 Å². The number of rotatable bonds is 7. The summed E-state index contributed by atoms with van der Waals surface area (Å²) in [6.45, 7) is 3.03. The largest absolute Gasteiger partial charge is 0.383 e. The molecule has 0 aromatic heterocycles. The molecule has 0 spiro atoms. The van der Waals surface area contributed by atoms with Crippen molar-refractivity contribution in [2.45, 2.75) is 32.2 Å². The number of carbonyl (C=O) groups is 2. The third kappa shape index (κ3) is 5.11. The van der Waals surface area contributed by atoms with Crippen molar-refractivity contribution in [3.63, 3.8) is 0 Å². The average molecular weight is 228 g/mol. The molecular formula is C11H20N2O3. The number of carbonyl (C=O) groups excluding carboxylic acids is 2. The quantitative estimate of drug-likeness (QED) is 0.675. The molecule has 2 amide bonds. The molecule has 1 N–H and O–H groups in total. The minimum atomic E-state index is -0.0173. The smallest absolute Gasteiger partial charge is 0.221 e. The molecule has 0 atom stereocenters. The van der Waals surface area contributed by atoms with Crippen LogP contribution in [-0.2, 0) is 14.3 Å². The van der Waals surface area contributed by atoms with Gasteiger partial charge in [-0.1, -0.05) is 0 Å². The van der Waals surface area contributed by atoms with Crippen LogP contribution in [0.4, 0.5) is 0 Å². The van der Waals surface area contributed by atoms with Crippen LogP contribution in [0.15, 0.2) is 0 Å². The Morgan fingerprint density at radius 2 is 2.06 bits per heavy atom. The fourth-order valence-electron chi connectivity index (χ4n) is 1.39. The van der Waals surface area contributed by atoms with Crippen LogP contribution >= 0.6 is 0 Å². The summed E-state index contributed by atoms with van der Waals surface area (Å²) < 4.78 is 4.91. The molecular weight excluding hydrogens is 208 g/mol.